The van der Waals surface area contributed by atoms with Crippen molar-refractivity contribution in [3.05, 3.63) is 58.1 Å². The van der Waals surface area contributed by atoms with Gasteiger partial charge in [-0.3, -0.25) is 0 Å². The third-order valence-corrected chi connectivity index (χ3v) is 3.98. The monoisotopic (exact) mass is 332 g/mol. The molecule has 0 saturated heterocycles. The van der Waals surface area contributed by atoms with Crippen molar-refractivity contribution in [1.29, 1.82) is 5.26 Å². The van der Waals surface area contributed by atoms with Crippen LogP contribution in [0.1, 0.15) is 11.1 Å². The van der Waals surface area contributed by atoms with Crippen LogP contribution in [0.15, 0.2) is 51.8 Å². The quantitative estimate of drug-likeness (QED) is 0.827. The number of halogens is 1. The summed E-state index contributed by atoms with van der Waals surface area (Å²) < 4.78 is 0.965. The zero-order valence-corrected chi connectivity index (χ0v) is 12.9. The second-order valence-corrected chi connectivity index (χ2v) is 5.80. The van der Waals surface area contributed by atoms with Gasteiger partial charge in [0.2, 0.25) is 0 Å². The summed E-state index contributed by atoms with van der Waals surface area (Å²) in [6.45, 7) is 0.708. The molecule has 2 aromatic carbocycles. The number of hydrogen-bond acceptors (Lipinski definition) is 3. The van der Waals surface area contributed by atoms with Gasteiger partial charge < -0.3 is 5.32 Å². The lowest BCUT2D eigenvalue weighted by Gasteiger charge is -2.09. The van der Waals surface area contributed by atoms with E-state index in [0.717, 1.165) is 10.2 Å². The van der Waals surface area contributed by atoms with Crippen LogP contribution in [0.3, 0.4) is 0 Å². The Morgan fingerprint density at radius 1 is 1.21 bits per heavy atom. The van der Waals surface area contributed by atoms with Gasteiger partial charge in [-0.05, 0) is 42.2 Å². The van der Waals surface area contributed by atoms with Crippen molar-refractivity contribution in [2.75, 3.05) is 11.6 Å². The van der Waals surface area contributed by atoms with Crippen LogP contribution >= 0.6 is 27.7 Å². The van der Waals surface area contributed by atoms with Crippen LogP contribution in [0.4, 0.5) is 5.69 Å². The third kappa shape index (κ3) is 3.76. The first kappa shape index (κ1) is 14.0. The molecule has 0 amide bonds. The van der Waals surface area contributed by atoms with E-state index in [9.17, 15) is 0 Å². The van der Waals surface area contributed by atoms with Crippen molar-refractivity contribution < 1.29 is 0 Å². The molecule has 0 saturated carbocycles. The van der Waals surface area contributed by atoms with E-state index in [1.54, 1.807) is 11.8 Å². The van der Waals surface area contributed by atoms with Crippen LogP contribution in [0, 0.1) is 11.3 Å². The summed E-state index contributed by atoms with van der Waals surface area (Å²) in [5.41, 5.74) is 2.71. The van der Waals surface area contributed by atoms with Gasteiger partial charge in [-0.2, -0.15) is 5.26 Å². The summed E-state index contributed by atoms with van der Waals surface area (Å²) in [6, 6.07) is 16.2. The molecule has 96 valence electrons. The molecule has 0 bridgehead atoms. The van der Waals surface area contributed by atoms with Gasteiger partial charge in [-0.25, -0.2) is 0 Å². The maximum Gasteiger partial charge on any atom is 0.101 e. The Bertz CT molecular complexity index is 603. The molecule has 19 heavy (non-hydrogen) atoms. The van der Waals surface area contributed by atoms with E-state index in [4.69, 9.17) is 5.26 Å². The van der Waals surface area contributed by atoms with Crippen LogP contribution in [-0.4, -0.2) is 6.26 Å². The molecular weight excluding hydrogens is 320 g/mol. The lowest BCUT2D eigenvalue weighted by Crippen LogP contribution is -2.01. The fraction of sp³-hybridized carbons (Fsp3) is 0.133. The normalized spacial score (nSPS) is 9.95. The minimum absolute atomic E-state index is 0.656. The molecule has 0 radical (unpaired) electrons. The molecule has 4 heteroatoms. The van der Waals surface area contributed by atoms with Crippen LogP contribution in [-0.2, 0) is 6.54 Å². The smallest absolute Gasteiger partial charge is 0.101 e. The average molecular weight is 333 g/mol. The fourth-order valence-corrected chi connectivity index (χ4v) is 2.47. The van der Waals surface area contributed by atoms with Gasteiger partial charge in [0.15, 0.2) is 0 Å². The molecule has 0 aliphatic carbocycles. The number of nitrogens with one attached hydrogen (secondary N) is 1. The van der Waals surface area contributed by atoms with E-state index in [2.05, 4.69) is 57.8 Å². The third-order valence-electron chi connectivity index (χ3n) is 2.74. The molecule has 0 fully saturated rings. The van der Waals surface area contributed by atoms with Gasteiger partial charge in [0, 0.05) is 15.9 Å². The molecule has 0 aromatic heterocycles. The van der Waals surface area contributed by atoms with Crippen LogP contribution in [0.5, 0.6) is 0 Å². The molecule has 0 aliphatic heterocycles. The molecule has 2 nitrogen and oxygen atoms in total. The highest BCUT2D eigenvalue weighted by atomic mass is 79.9. The molecule has 0 aliphatic rings. The van der Waals surface area contributed by atoms with Gasteiger partial charge in [0.1, 0.15) is 6.07 Å². The van der Waals surface area contributed by atoms with Crippen LogP contribution in [0.2, 0.25) is 0 Å². The molecule has 0 unspecified atom stereocenters. The number of rotatable bonds is 4. The number of anilines is 1. The molecule has 2 rings (SSSR count). The summed E-state index contributed by atoms with van der Waals surface area (Å²) in [4.78, 5) is 1.25. The maximum absolute atomic E-state index is 9.07. The second-order valence-electron chi connectivity index (χ2n) is 4.00. The standard InChI is InChI=1S/C15H13BrN2S/c1-19-14-6-2-11(3-7-14)10-18-15-8-13(16)5-4-12(15)9-17/h2-8,18H,10H2,1H3. The number of hydrogen-bond donors (Lipinski definition) is 1. The van der Waals surface area contributed by atoms with Crippen molar-refractivity contribution in [1.82, 2.24) is 0 Å². The summed E-state index contributed by atoms with van der Waals surface area (Å²) in [5, 5.41) is 12.4. The lowest BCUT2D eigenvalue weighted by atomic mass is 10.1. The zero-order valence-electron chi connectivity index (χ0n) is 10.5. The first-order chi connectivity index (χ1) is 9.22. The molecule has 0 atom stereocenters. The first-order valence-electron chi connectivity index (χ1n) is 5.79. The van der Waals surface area contributed by atoms with Gasteiger partial charge >= 0.3 is 0 Å². The topological polar surface area (TPSA) is 35.8 Å². The predicted molar refractivity (Wildman–Crippen MR) is 84.4 cm³/mol. The molecule has 1 N–H and O–H groups in total. The van der Waals surface area contributed by atoms with Gasteiger partial charge in [0.25, 0.3) is 0 Å². The summed E-state index contributed by atoms with van der Waals surface area (Å²) in [6.07, 6.45) is 2.06. The van der Waals surface area contributed by atoms with E-state index in [1.807, 2.05) is 18.2 Å². The highest BCUT2D eigenvalue weighted by Gasteiger charge is 2.02. The van der Waals surface area contributed by atoms with E-state index in [-0.39, 0.29) is 0 Å². The van der Waals surface area contributed by atoms with Gasteiger partial charge in [-0.1, -0.05) is 28.1 Å². The van der Waals surface area contributed by atoms with E-state index in [1.165, 1.54) is 10.5 Å². The SMILES string of the molecule is CSc1ccc(CNc2cc(Br)ccc2C#N)cc1. The first-order valence-corrected chi connectivity index (χ1v) is 7.81. The van der Waals surface area contributed by atoms with Gasteiger partial charge in [0.05, 0.1) is 11.3 Å². The molecule has 0 spiro atoms. The van der Waals surface area contributed by atoms with Crippen LogP contribution in [0.25, 0.3) is 0 Å². The largest absolute Gasteiger partial charge is 0.380 e. The minimum atomic E-state index is 0.656. The Morgan fingerprint density at radius 2 is 1.95 bits per heavy atom. The highest BCUT2D eigenvalue weighted by molar-refractivity contribution is 9.10. The van der Waals surface area contributed by atoms with Crippen molar-refractivity contribution >= 4 is 33.4 Å². The fourth-order valence-electron chi connectivity index (χ4n) is 1.70. The summed E-state index contributed by atoms with van der Waals surface area (Å²) >= 11 is 5.15. The zero-order chi connectivity index (χ0) is 13.7. The van der Waals surface area contributed by atoms with Crippen molar-refractivity contribution in [2.45, 2.75) is 11.4 Å². The van der Waals surface area contributed by atoms with Crippen molar-refractivity contribution in [2.24, 2.45) is 0 Å². The van der Waals surface area contributed by atoms with E-state index >= 15 is 0 Å². The number of nitriles is 1. The number of thioether (sulfide) groups is 1. The average Bonchev–Trinajstić information content (AvgIpc) is 2.46. The number of benzene rings is 2. The molecule has 0 heterocycles. The minimum Gasteiger partial charge on any atom is -0.380 e. The molecule has 2 aromatic rings. The Morgan fingerprint density at radius 3 is 2.58 bits per heavy atom. The summed E-state index contributed by atoms with van der Waals surface area (Å²) in [7, 11) is 0. The maximum atomic E-state index is 9.07. The van der Waals surface area contributed by atoms with Crippen molar-refractivity contribution in [3.63, 3.8) is 0 Å². The Balaban J connectivity index is 2.09. The Kier molecular flexibility index (Phi) is 4.89. The van der Waals surface area contributed by atoms with E-state index in [0.29, 0.717) is 12.1 Å². The Labute approximate surface area is 126 Å². The summed E-state index contributed by atoms with van der Waals surface area (Å²) in [5.74, 6) is 0. The lowest BCUT2D eigenvalue weighted by molar-refractivity contribution is 1.14. The van der Waals surface area contributed by atoms with Crippen LogP contribution < -0.4 is 5.32 Å². The van der Waals surface area contributed by atoms with Gasteiger partial charge in [-0.15, -0.1) is 11.8 Å². The molecular formula is C15H13BrN2S. The van der Waals surface area contributed by atoms with Crippen molar-refractivity contribution in [3.8, 4) is 6.07 Å². The van der Waals surface area contributed by atoms with E-state index < -0.39 is 0 Å². The highest BCUT2D eigenvalue weighted by Crippen LogP contribution is 2.22. The second kappa shape index (κ2) is 6.65. The predicted octanol–water partition coefficient (Wildman–Crippen LogP) is 4.65. The Hall–Kier alpha value is -1.44. The number of nitrogens with zero attached hydrogens (tertiary/aromatic N) is 1.